The monoisotopic (exact) mass is 381 g/mol. The van der Waals surface area contributed by atoms with E-state index in [9.17, 15) is 17.6 Å². The van der Waals surface area contributed by atoms with Crippen molar-refractivity contribution in [3.63, 3.8) is 0 Å². The number of halogens is 1. The number of carbonyl (C=O) groups is 1. The predicted octanol–water partition coefficient (Wildman–Crippen LogP) is 3.78. The fourth-order valence-electron chi connectivity index (χ4n) is 2.77. The molecule has 1 N–H and O–H groups in total. The summed E-state index contributed by atoms with van der Waals surface area (Å²) in [6, 6.07) is 9.18. The molecule has 1 aliphatic rings. The molecule has 2 aromatic rings. The van der Waals surface area contributed by atoms with Crippen molar-refractivity contribution in [2.45, 2.75) is 42.9 Å². The summed E-state index contributed by atoms with van der Waals surface area (Å²) in [5.74, 6) is -0.0638. The lowest BCUT2D eigenvalue weighted by Gasteiger charge is -2.17. The highest BCUT2D eigenvalue weighted by Gasteiger charge is 2.34. The van der Waals surface area contributed by atoms with Gasteiger partial charge in [0.25, 0.3) is 0 Å². The predicted molar refractivity (Wildman–Crippen MR) is 95.9 cm³/mol. The molecule has 0 spiro atoms. The Hall–Kier alpha value is -1.57. The third kappa shape index (κ3) is 4.74. The molecule has 134 valence electrons. The molecule has 0 radical (unpaired) electrons. The second kappa shape index (κ2) is 7.35. The second-order valence-electron chi connectivity index (χ2n) is 6.41. The van der Waals surface area contributed by atoms with E-state index in [0.29, 0.717) is 23.6 Å². The fourth-order valence-corrected chi connectivity index (χ4v) is 5.33. The first-order valence-electron chi connectivity index (χ1n) is 8.23. The van der Waals surface area contributed by atoms with Gasteiger partial charge in [0.1, 0.15) is 10.0 Å². The number of hydrogen-bond donors (Lipinski definition) is 1. The zero-order valence-corrected chi connectivity index (χ0v) is 15.5. The molecule has 4 nitrogen and oxygen atoms in total. The summed E-state index contributed by atoms with van der Waals surface area (Å²) in [7, 11) is -3.63. The van der Waals surface area contributed by atoms with Gasteiger partial charge in [-0.05, 0) is 68.4 Å². The summed E-state index contributed by atoms with van der Waals surface area (Å²) in [5, 5.41) is 0. The zero-order chi connectivity index (χ0) is 18.0. The first kappa shape index (κ1) is 18.2. The van der Waals surface area contributed by atoms with E-state index < -0.39 is 10.0 Å². The Morgan fingerprint density at radius 1 is 1.24 bits per heavy atom. The Morgan fingerprint density at radius 2 is 1.92 bits per heavy atom. The molecule has 1 aromatic heterocycles. The van der Waals surface area contributed by atoms with E-state index in [1.54, 1.807) is 18.2 Å². The van der Waals surface area contributed by atoms with Crippen LogP contribution in [0.5, 0.6) is 0 Å². The molecular weight excluding hydrogens is 361 g/mol. The van der Waals surface area contributed by atoms with E-state index in [4.69, 9.17) is 0 Å². The molecule has 0 amide bonds. The number of benzene rings is 1. The van der Waals surface area contributed by atoms with Gasteiger partial charge in [-0.3, -0.25) is 4.79 Å². The average molecular weight is 381 g/mol. The average Bonchev–Trinajstić information content (AvgIpc) is 3.27. The van der Waals surface area contributed by atoms with Crippen LogP contribution in [0.15, 0.2) is 40.6 Å². The minimum Gasteiger partial charge on any atom is -0.294 e. The van der Waals surface area contributed by atoms with Gasteiger partial charge in [0.05, 0.1) is 4.88 Å². The van der Waals surface area contributed by atoms with Crippen molar-refractivity contribution in [1.82, 2.24) is 4.72 Å². The zero-order valence-electron chi connectivity index (χ0n) is 13.9. The second-order valence-corrected chi connectivity index (χ2v) is 9.43. The van der Waals surface area contributed by atoms with E-state index in [1.807, 2.05) is 0 Å². The lowest BCUT2D eigenvalue weighted by atomic mass is 10.0. The highest BCUT2D eigenvalue weighted by Crippen LogP contribution is 2.35. The molecule has 1 saturated carbocycles. The van der Waals surface area contributed by atoms with Gasteiger partial charge < -0.3 is 0 Å². The summed E-state index contributed by atoms with van der Waals surface area (Å²) in [6.07, 6.45) is 3.38. The van der Waals surface area contributed by atoms with Crippen LogP contribution in [0, 0.1) is 11.7 Å². The van der Waals surface area contributed by atoms with Gasteiger partial charge in [0, 0.05) is 6.04 Å². The molecule has 0 bridgehead atoms. The van der Waals surface area contributed by atoms with Crippen molar-refractivity contribution in [1.29, 1.82) is 0 Å². The highest BCUT2D eigenvalue weighted by molar-refractivity contribution is 7.91. The Balaban J connectivity index is 1.68. The quantitative estimate of drug-likeness (QED) is 0.708. The standard InChI is InChI=1S/C18H20FNO3S2/c1-12(21)17-10-11-18(24-17)25(22,23)20-16(14-5-6-14)9-4-13-2-7-15(19)8-3-13/h2-3,7-8,10-11,14,16,20H,4-6,9H2,1H3. The third-order valence-electron chi connectivity index (χ3n) is 4.35. The summed E-state index contributed by atoms with van der Waals surface area (Å²) in [4.78, 5) is 11.8. The van der Waals surface area contributed by atoms with E-state index in [2.05, 4.69) is 4.72 Å². The van der Waals surface area contributed by atoms with Crippen LogP contribution in [-0.2, 0) is 16.4 Å². The van der Waals surface area contributed by atoms with Crippen molar-refractivity contribution in [3.8, 4) is 0 Å². The Kier molecular flexibility index (Phi) is 5.36. The molecule has 3 rings (SSSR count). The van der Waals surface area contributed by atoms with Crippen LogP contribution in [0.25, 0.3) is 0 Å². The third-order valence-corrected chi connectivity index (χ3v) is 7.52. The van der Waals surface area contributed by atoms with Crippen molar-refractivity contribution >= 4 is 27.1 Å². The van der Waals surface area contributed by atoms with Gasteiger partial charge in [-0.1, -0.05) is 12.1 Å². The van der Waals surface area contributed by atoms with Gasteiger partial charge in [0.15, 0.2) is 5.78 Å². The number of sulfonamides is 1. The molecular formula is C18H20FNO3S2. The van der Waals surface area contributed by atoms with E-state index in [1.165, 1.54) is 25.1 Å². The summed E-state index contributed by atoms with van der Waals surface area (Å²) < 4.78 is 41.2. The number of ketones is 1. The maximum atomic E-state index is 13.0. The van der Waals surface area contributed by atoms with Crippen LogP contribution >= 0.6 is 11.3 Å². The molecule has 7 heteroatoms. The van der Waals surface area contributed by atoms with E-state index in [-0.39, 0.29) is 21.9 Å². The van der Waals surface area contributed by atoms with Crippen LogP contribution < -0.4 is 4.72 Å². The van der Waals surface area contributed by atoms with Crippen molar-refractivity contribution in [2.75, 3.05) is 0 Å². The molecule has 0 saturated heterocycles. The molecule has 1 fully saturated rings. The lowest BCUT2D eigenvalue weighted by molar-refractivity contribution is 0.102. The smallest absolute Gasteiger partial charge is 0.250 e. The van der Waals surface area contributed by atoms with Crippen molar-refractivity contribution in [2.24, 2.45) is 5.92 Å². The van der Waals surface area contributed by atoms with Crippen LogP contribution in [0.4, 0.5) is 4.39 Å². The van der Waals surface area contributed by atoms with E-state index >= 15 is 0 Å². The molecule has 25 heavy (non-hydrogen) atoms. The molecule has 1 heterocycles. The minimum absolute atomic E-state index is 0.137. The van der Waals surface area contributed by atoms with Gasteiger partial charge in [-0.15, -0.1) is 11.3 Å². The van der Waals surface area contributed by atoms with Crippen LogP contribution in [0.1, 0.15) is 41.4 Å². The maximum Gasteiger partial charge on any atom is 0.250 e. The van der Waals surface area contributed by atoms with Gasteiger partial charge in [-0.25, -0.2) is 17.5 Å². The number of aryl methyl sites for hydroxylation is 1. The lowest BCUT2D eigenvalue weighted by Crippen LogP contribution is -2.36. The topological polar surface area (TPSA) is 63.2 Å². The number of rotatable bonds is 8. The largest absolute Gasteiger partial charge is 0.294 e. The number of Topliss-reactive ketones (excluding diaryl/α,β-unsaturated/α-hetero) is 1. The Morgan fingerprint density at radius 3 is 2.48 bits per heavy atom. The van der Waals surface area contributed by atoms with Crippen LogP contribution in [0.2, 0.25) is 0 Å². The van der Waals surface area contributed by atoms with Gasteiger partial charge in [0.2, 0.25) is 10.0 Å². The number of thiophene rings is 1. The number of nitrogens with one attached hydrogen (secondary N) is 1. The summed E-state index contributed by atoms with van der Waals surface area (Å²) in [6.45, 7) is 1.42. The fraction of sp³-hybridized carbons (Fsp3) is 0.389. The molecule has 1 atom stereocenters. The Bertz CT molecular complexity index is 855. The highest BCUT2D eigenvalue weighted by atomic mass is 32.2. The van der Waals surface area contributed by atoms with Gasteiger partial charge in [-0.2, -0.15) is 0 Å². The molecule has 1 aliphatic carbocycles. The summed E-state index contributed by atoms with van der Waals surface area (Å²) in [5.41, 5.74) is 0.987. The minimum atomic E-state index is -3.63. The summed E-state index contributed by atoms with van der Waals surface area (Å²) >= 11 is 0.996. The molecule has 0 aliphatic heterocycles. The molecule has 1 unspecified atom stereocenters. The van der Waals surface area contributed by atoms with Crippen molar-refractivity contribution < 1.29 is 17.6 Å². The van der Waals surface area contributed by atoms with Gasteiger partial charge >= 0.3 is 0 Å². The van der Waals surface area contributed by atoms with E-state index in [0.717, 1.165) is 29.7 Å². The van der Waals surface area contributed by atoms with Crippen molar-refractivity contribution in [3.05, 3.63) is 52.7 Å². The number of carbonyl (C=O) groups excluding carboxylic acids is 1. The first-order chi connectivity index (χ1) is 11.8. The first-order valence-corrected chi connectivity index (χ1v) is 10.5. The molecule has 1 aromatic carbocycles. The number of hydrogen-bond acceptors (Lipinski definition) is 4. The van der Waals surface area contributed by atoms with Crippen LogP contribution in [0.3, 0.4) is 0 Å². The normalized spacial score (nSPS) is 15.9. The van der Waals surface area contributed by atoms with Crippen LogP contribution in [-0.4, -0.2) is 20.2 Å². The maximum absolute atomic E-state index is 13.0. The Labute approximate surface area is 151 Å². The SMILES string of the molecule is CC(=O)c1ccc(S(=O)(=O)NC(CCc2ccc(F)cc2)C2CC2)s1.